The molecule has 0 radical (unpaired) electrons. The summed E-state index contributed by atoms with van der Waals surface area (Å²) in [5.41, 5.74) is 4.20. The van der Waals surface area contributed by atoms with E-state index >= 15 is 0 Å². The molecule has 7 heteroatoms. The molecule has 3 rings (SSSR count). The number of guanidine groups is 1. The predicted molar refractivity (Wildman–Crippen MR) is 120 cm³/mol. The van der Waals surface area contributed by atoms with Gasteiger partial charge < -0.3 is 15.1 Å². The van der Waals surface area contributed by atoms with Crippen molar-refractivity contribution in [1.82, 2.24) is 25.4 Å². The fourth-order valence-electron chi connectivity index (χ4n) is 3.13. The van der Waals surface area contributed by atoms with Crippen molar-refractivity contribution >= 4 is 5.96 Å². The van der Waals surface area contributed by atoms with E-state index in [2.05, 4.69) is 66.6 Å². The minimum absolute atomic E-state index is 0.0590. The van der Waals surface area contributed by atoms with E-state index in [1.165, 1.54) is 0 Å². The molecule has 0 bridgehead atoms. The number of benzene rings is 1. The maximum absolute atomic E-state index is 5.86. The van der Waals surface area contributed by atoms with Gasteiger partial charge in [0.1, 0.15) is 5.76 Å². The highest BCUT2D eigenvalue weighted by Gasteiger charge is 2.19. The van der Waals surface area contributed by atoms with Crippen molar-refractivity contribution in [2.75, 3.05) is 6.54 Å². The Labute approximate surface area is 178 Å². The molecule has 0 amide bonds. The molecule has 0 fully saturated rings. The van der Waals surface area contributed by atoms with Gasteiger partial charge in [-0.3, -0.25) is 0 Å². The molecular formula is C23H32N6O. The van der Waals surface area contributed by atoms with Crippen LogP contribution in [-0.2, 0) is 18.5 Å². The summed E-state index contributed by atoms with van der Waals surface area (Å²) in [6, 6.07) is 10.3. The van der Waals surface area contributed by atoms with E-state index in [0.29, 0.717) is 19.0 Å². The minimum atomic E-state index is -0.0590. The first-order chi connectivity index (χ1) is 14.3. The highest BCUT2D eigenvalue weighted by atomic mass is 16.4. The summed E-state index contributed by atoms with van der Waals surface area (Å²) in [4.78, 5) is 9.14. The fraction of sp³-hybridized carbons (Fsp3) is 0.435. The zero-order chi connectivity index (χ0) is 21.7. The molecule has 160 valence electrons. The fourth-order valence-corrected chi connectivity index (χ4v) is 3.13. The number of nitrogens with zero attached hydrogens (tertiary/aromatic N) is 4. The van der Waals surface area contributed by atoms with Crippen LogP contribution >= 0.6 is 0 Å². The maximum Gasteiger partial charge on any atom is 0.213 e. The van der Waals surface area contributed by atoms with Crippen LogP contribution in [0, 0.1) is 13.8 Å². The summed E-state index contributed by atoms with van der Waals surface area (Å²) in [7, 11) is 0. The Kier molecular flexibility index (Phi) is 6.59. The van der Waals surface area contributed by atoms with E-state index < -0.39 is 0 Å². The van der Waals surface area contributed by atoms with Crippen molar-refractivity contribution in [3.63, 3.8) is 0 Å². The molecule has 0 saturated heterocycles. The van der Waals surface area contributed by atoms with E-state index in [1.807, 2.05) is 30.7 Å². The van der Waals surface area contributed by atoms with Crippen molar-refractivity contribution < 1.29 is 4.42 Å². The van der Waals surface area contributed by atoms with Gasteiger partial charge in [-0.2, -0.15) is 5.10 Å². The molecule has 0 unspecified atom stereocenters. The normalized spacial score (nSPS) is 12.3. The molecule has 0 aliphatic heterocycles. The second-order valence-electron chi connectivity index (χ2n) is 8.38. The van der Waals surface area contributed by atoms with E-state index in [9.17, 15) is 0 Å². The monoisotopic (exact) mass is 408 g/mol. The van der Waals surface area contributed by atoms with Gasteiger partial charge in [-0.15, -0.1) is 0 Å². The van der Waals surface area contributed by atoms with Crippen molar-refractivity contribution in [2.24, 2.45) is 4.99 Å². The summed E-state index contributed by atoms with van der Waals surface area (Å²) in [6.07, 6.45) is 1.80. The van der Waals surface area contributed by atoms with Crippen LogP contribution < -0.4 is 10.6 Å². The van der Waals surface area contributed by atoms with E-state index in [4.69, 9.17) is 9.41 Å². The first-order valence-corrected chi connectivity index (χ1v) is 10.4. The van der Waals surface area contributed by atoms with Crippen molar-refractivity contribution in [3.8, 4) is 5.69 Å². The number of hydrogen-bond acceptors (Lipinski definition) is 4. The SMILES string of the molecule is CCNC(=NCc1ccccc1-n1nc(C)cc1C)NCc1ncc(C(C)(C)C)o1. The predicted octanol–water partition coefficient (Wildman–Crippen LogP) is 4.03. The van der Waals surface area contributed by atoms with Crippen LogP contribution in [0.15, 0.2) is 45.9 Å². The Morgan fingerprint density at radius 3 is 2.57 bits per heavy atom. The Hall–Kier alpha value is -3.09. The molecule has 30 heavy (non-hydrogen) atoms. The van der Waals surface area contributed by atoms with Gasteiger partial charge >= 0.3 is 0 Å². The number of nitrogens with one attached hydrogen (secondary N) is 2. The van der Waals surface area contributed by atoms with Gasteiger partial charge in [0.15, 0.2) is 5.96 Å². The lowest BCUT2D eigenvalue weighted by Gasteiger charge is -2.14. The second-order valence-corrected chi connectivity index (χ2v) is 8.38. The molecule has 2 heterocycles. The molecule has 3 aromatic rings. The quantitative estimate of drug-likeness (QED) is 0.475. The third-order valence-corrected chi connectivity index (χ3v) is 4.68. The zero-order valence-electron chi connectivity index (χ0n) is 18.8. The minimum Gasteiger partial charge on any atom is -0.443 e. The van der Waals surface area contributed by atoms with Crippen LogP contribution in [0.1, 0.15) is 56.3 Å². The summed E-state index contributed by atoms with van der Waals surface area (Å²) in [5.74, 6) is 2.24. The molecule has 0 atom stereocenters. The van der Waals surface area contributed by atoms with E-state index in [1.54, 1.807) is 6.20 Å². The van der Waals surface area contributed by atoms with Crippen LogP contribution in [-0.4, -0.2) is 27.3 Å². The lowest BCUT2D eigenvalue weighted by molar-refractivity contribution is 0.379. The standard InChI is InChI=1S/C23H32N6O/c1-7-24-22(27-15-21-25-14-20(30-21)23(4,5)6)26-13-18-10-8-9-11-19(18)29-17(3)12-16(2)28-29/h8-12,14H,7,13,15H2,1-6H3,(H2,24,26,27). The van der Waals surface area contributed by atoms with E-state index in [0.717, 1.165) is 40.9 Å². The molecule has 0 saturated carbocycles. The first-order valence-electron chi connectivity index (χ1n) is 10.4. The first kappa shape index (κ1) is 21.6. The summed E-state index contributed by atoms with van der Waals surface area (Å²) < 4.78 is 7.84. The number of aromatic nitrogens is 3. The molecule has 1 aromatic carbocycles. The molecule has 2 N–H and O–H groups in total. The van der Waals surface area contributed by atoms with Crippen LogP contribution in [0.5, 0.6) is 0 Å². The Morgan fingerprint density at radius 2 is 1.93 bits per heavy atom. The maximum atomic E-state index is 5.86. The highest BCUT2D eigenvalue weighted by Crippen LogP contribution is 2.22. The lowest BCUT2D eigenvalue weighted by atomic mass is 9.94. The lowest BCUT2D eigenvalue weighted by Crippen LogP contribution is -2.36. The van der Waals surface area contributed by atoms with Crippen LogP contribution in [0.25, 0.3) is 5.69 Å². The number of aliphatic imine (C=N–C) groups is 1. The number of aryl methyl sites for hydroxylation is 2. The van der Waals surface area contributed by atoms with Gasteiger partial charge in [0.2, 0.25) is 5.89 Å². The Bertz CT molecular complexity index is 1010. The molecule has 0 aliphatic rings. The van der Waals surface area contributed by atoms with Crippen molar-refractivity contribution in [3.05, 3.63) is 65.1 Å². The smallest absolute Gasteiger partial charge is 0.213 e. The third-order valence-electron chi connectivity index (χ3n) is 4.68. The molecular weight excluding hydrogens is 376 g/mol. The van der Waals surface area contributed by atoms with Gasteiger partial charge in [0, 0.05) is 17.7 Å². The van der Waals surface area contributed by atoms with E-state index in [-0.39, 0.29) is 5.41 Å². The van der Waals surface area contributed by atoms with Crippen molar-refractivity contribution in [2.45, 2.75) is 60.0 Å². The number of hydrogen-bond donors (Lipinski definition) is 2. The topological polar surface area (TPSA) is 80.3 Å². The van der Waals surface area contributed by atoms with Crippen molar-refractivity contribution in [1.29, 1.82) is 0 Å². The summed E-state index contributed by atoms with van der Waals surface area (Å²) in [6.45, 7) is 14.2. The van der Waals surface area contributed by atoms with Gasteiger partial charge in [0.25, 0.3) is 0 Å². The average Bonchev–Trinajstić information content (AvgIpc) is 3.30. The third kappa shape index (κ3) is 5.28. The molecule has 0 spiro atoms. The van der Waals surface area contributed by atoms with Gasteiger partial charge in [-0.05, 0) is 38.5 Å². The Morgan fingerprint density at radius 1 is 1.17 bits per heavy atom. The molecule has 7 nitrogen and oxygen atoms in total. The van der Waals surface area contributed by atoms with Gasteiger partial charge in [-0.1, -0.05) is 39.0 Å². The highest BCUT2D eigenvalue weighted by molar-refractivity contribution is 5.79. The number of para-hydroxylation sites is 1. The van der Waals surface area contributed by atoms with Crippen LogP contribution in [0.2, 0.25) is 0 Å². The average molecular weight is 409 g/mol. The molecule has 0 aliphatic carbocycles. The van der Waals surface area contributed by atoms with Gasteiger partial charge in [0.05, 0.1) is 30.7 Å². The summed E-state index contributed by atoms with van der Waals surface area (Å²) >= 11 is 0. The number of rotatable bonds is 6. The molecule has 2 aromatic heterocycles. The van der Waals surface area contributed by atoms with Crippen LogP contribution in [0.4, 0.5) is 0 Å². The largest absolute Gasteiger partial charge is 0.443 e. The number of oxazole rings is 1. The Balaban J connectivity index is 1.74. The van der Waals surface area contributed by atoms with Gasteiger partial charge in [-0.25, -0.2) is 14.7 Å². The second kappa shape index (κ2) is 9.15. The summed E-state index contributed by atoms with van der Waals surface area (Å²) in [5, 5.41) is 11.2. The zero-order valence-corrected chi connectivity index (χ0v) is 18.8. The van der Waals surface area contributed by atoms with Crippen LogP contribution in [0.3, 0.4) is 0 Å².